The molecule has 1 N–H and O–H groups in total. The van der Waals surface area contributed by atoms with Gasteiger partial charge in [0, 0.05) is 10.3 Å². The molecule has 2 aromatic rings. The molecule has 0 fully saturated rings. The fraction of sp³-hybridized carbons (Fsp3) is 0. The van der Waals surface area contributed by atoms with Crippen LogP contribution in [0, 0.1) is 0 Å². The van der Waals surface area contributed by atoms with Crippen molar-refractivity contribution < 1.29 is 4.79 Å². The lowest BCUT2D eigenvalue weighted by molar-refractivity contribution is 0.0951. The highest BCUT2D eigenvalue weighted by atomic mass is 32.1. The van der Waals surface area contributed by atoms with Gasteiger partial charge in [-0.15, -0.1) is 22.7 Å². The number of aromatic nitrogens is 1. The van der Waals surface area contributed by atoms with Gasteiger partial charge in [-0.3, -0.25) is 4.79 Å². The number of thiazole rings is 1. The van der Waals surface area contributed by atoms with Crippen molar-refractivity contribution in [2.24, 2.45) is 5.10 Å². The molecule has 0 aliphatic rings. The minimum absolute atomic E-state index is 0.288. The van der Waals surface area contributed by atoms with Gasteiger partial charge in [-0.25, -0.2) is 10.4 Å². The van der Waals surface area contributed by atoms with Gasteiger partial charge in [0.05, 0.1) is 11.7 Å². The van der Waals surface area contributed by atoms with E-state index >= 15 is 0 Å². The van der Waals surface area contributed by atoms with Crippen LogP contribution in [-0.2, 0) is 0 Å². The maximum Gasteiger partial charge on any atom is 0.290 e. The molecule has 0 aliphatic carbocycles. The number of carbonyl (C=O) groups excluding carboxylic acids is 1. The highest BCUT2D eigenvalue weighted by molar-refractivity contribution is 7.11. The second-order valence-corrected chi connectivity index (χ2v) is 4.29. The van der Waals surface area contributed by atoms with E-state index in [2.05, 4.69) is 15.5 Å². The standard InChI is InChI=1S/C9H7N3OS2/c13-9(8-5-14-6-10-8)12-11-4-7-2-1-3-15-7/h1-6H,(H,12,13)/b11-4+. The van der Waals surface area contributed by atoms with E-state index in [-0.39, 0.29) is 5.91 Å². The molecule has 2 heterocycles. The first-order valence-corrected chi connectivity index (χ1v) is 5.93. The van der Waals surface area contributed by atoms with E-state index in [0.717, 1.165) is 4.88 Å². The van der Waals surface area contributed by atoms with Crippen LogP contribution in [-0.4, -0.2) is 17.1 Å². The largest absolute Gasteiger partial charge is 0.290 e. The quantitative estimate of drug-likeness (QED) is 0.655. The Labute approximate surface area is 94.3 Å². The zero-order chi connectivity index (χ0) is 10.5. The molecule has 0 atom stereocenters. The maximum absolute atomic E-state index is 11.4. The summed E-state index contributed by atoms with van der Waals surface area (Å²) in [5.41, 5.74) is 4.41. The third-order valence-corrected chi connectivity index (χ3v) is 2.96. The molecule has 1 amide bonds. The average Bonchev–Trinajstić information content (AvgIpc) is 2.90. The van der Waals surface area contributed by atoms with Gasteiger partial charge < -0.3 is 0 Å². The van der Waals surface area contributed by atoms with Crippen molar-refractivity contribution >= 4 is 34.8 Å². The summed E-state index contributed by atoms with van der Waals surface area (Å²) in [6.07, 6.45) is 1.61. The topological polar surface area (TPSA) is 54.4 Å². The zero-order valence-corrected chi connectivity index (χ0v) is 9.22. The molecule has 0 aromatic carbocycles. The van der Waals surface area contributed by atoms with Crippen LogP contribution in [0.5, 0.6) is 0 Å². The van der Waals surface area contributed by atoms with Crippen molar-refractivity contribution in [3.8, 4) is 0 Å². The second-order valence-electron chi connectivity index (χ2n) is 2.59. The predicted octanol–water partition coefficient (Wildman–Crippen LogP) is 1.97. The third kappa shape index (κ3) is 2.71. The molecule has 2 rings (SSSR count). The number of hydrazone groups is 1. The average molecular weight is 237 g/mol. The molecule has 0 aliphatic heterocycles. The van der Waals surface area contributed by atoms with Crippen LogP contribution in [0.15, 0.2) is 33.5 Å². The number of nitrogens with zero attached hydrogens (tertiary/aromatic N) is 2. The SMILES string of the molecule is O=C(N/N=C/c1cccs1)c1cscn1. The van der Waals surface area contributed by atoms with E-state index in [1.807, 2.05) is 17.5 Å². The Morgan fingerprint density at radius 2 is 2.53 bits per heavy atom. The molecule has 0 saturated carbocycles. The van der Waals surface area contributed by atoms with Gasteiger partial charge in [0.15, 0.2) is 0 Å². The lowest BCUT2D eigenvalue weighted by Crippen LogP contribution is -2.17. The molecule has 6 heteroatoms. The highest BCUT2D eigenvalue weighted by Gasteiger charge is 2.04. The van der Waals surface area contributed by atoms with E-state index < -0.39 is 0 Å². The molecule has 0 saturated heterocycles. The molecular weight excluding hydrogens is 230 g/mol. The molecule has 2 aromatic heterocycles. The minimum Gasteiger partial charge on any atom is -0.266 e. The highest BCUT2D eigenvalue weighted by Crippen LogP contribution is 2.04. The summed E-state index contributed by atoms with van der Waals surface area (Å²) in [6, 6.07) is 3.84. The molecular formula is C9H7N3OS2. The van der Waals surface area contributed by atoms with Crippen LogP contribution < -0.4 is 5.43 Å². The summed E-state index contributed by atoms with van der Waals surface area (Å²) in [5, 5.41) is 7.44. The number of rotatable bonds is 3. The molecule has 15 heavy (non-hydrogen) atoms. The van der Waals surface area contributed by atoms with Gasteiger partial charge in [0.2, 0.25) is 0 Å². The molecule has 76 valence electrons. The zero-order valence-electron chi connectivity index (χ0n) is 7.58. The van der Waals surface area contributed by atoms with Gasteiger partial charge in [-0.2, -0.15) is 5.10 Å². The van der Waals surface area contributed by atoms with Crippen LogP contribution >= 0.6 is 22.7 Å². The monoisotopic (exact) mass is 237 g/mol. The number of carbonyl (C=O) groups is 1. The Balaban J connectivity index is 1.91. The first-order valence-electron chi connectivity index (χ1n) is 4.11. The Morgan fingerprint density at radius 3 is 3.20 bits per heavy atom. The van der Waals surface area contributed by atoms with Crippen molar-refractivity contribution in [1.82, 2.24) is 10.4 Å². The van der Waals surface area contributed by atoms with Crippen molar-refractivity contribution in [3.63, 3.8) is 0 Å². The van der Waals surface area contributed by atoms with Crippen LogP contribution in [0.25, 0.3) is 0 Å². The van der Waals surface area contributed by atoms with Gasteiger partial charge >= 0.3 is 0 Å². The Morgan fingerprint density at radius 1 is 1.60 bits per heavy atom. The Bertz CT molecular complexity index is 448. The third-order valence-electron chi connectivity index (χ3n) is 1.57. The predicted molar refractivity (Wildman–Crippen MR) is 61.5 cm³/mol. The van der Waals surface area contributed by atoms with Gasteiger partial charge in [-0.05, 0) is 11.4 Å². The summed E-state index contributed by atoms with van der Waals surface area (Å²) in [5.74, 6) is -0.288. The smallest absolute Gasteiger partial charge is 0.266 e. The minimum atomic E-state index is -0.288. The van der Waals surface area contributed by atoms with E-state index in [1.165, 1.54) is 11.3 Å². The lowest BCUT2D eigenvalue weighted by Gasteiger charge is -1.93. The fourth-order valence-corrected chi connectivity index (χ4v) is 2.02. The number of amides is 1. The Kier molecular flexibility index (Phi) is 3.21. The van der Waals surface area contributed by atoms with Crippen molar-refractivity contribution in [1.29, 1.82) is 0 Å². The van der Waals surface area contributed by atoms with Gasteiger partial charge in [-0.1, -0.05) is 6.07 Å². The van der Waals surface area contributed by atoms with Crippen LogP contribution in [0.4, 0.5) is 0 Å². The second kappa shape index (κ2) is 4.81. The van der Waals surface area contributed by atoms with E-state index in [1.54, 1.807) is 28.4 Å². The van der Waals surface area contributed by atoms with Gasteiger partial charge in [0.25, 0.3) is 5.91 Å². The van der Waals surface area contributed by atoms with Crippen LogP contribution in [0.3, 0.4) is 0 Å². The molecule has 0 unspecified atom stereocenters. The van der Waals surface area contributed by atoms with Crippen LogP contribution in [0.1, 0.15) is 15.4 Å². The van der Waals surface area contributed by atoms with Crippen LogP contribution in [0.2, 0.25) is 0 Å². The maximum atomic E-state index is 11.4. The number of nitrogens with one attached hydrogen (secondary N) is 1. The molecule has 4 nitrogen and oxygen atoms in total. The first-order chi connectivity index (χ1) is 7.36. The van der Waals surface area contributed by atoms with E-state index in [0.29, 0.717) is 5.69 Å². The molecule has 0 radical (unpaired) electrons. The summed E-state index contributed by atoms with van der Waals surface area (Å²) in [6.45, 7) is 0. The normalized spacial score (nSPS) is 10.7. The van der Waals surface area contributed by atoms with Gasteiger partial charge in [0.1, 0.15) is 5.69 Å². The van der Waals surface area contributed by atoms with E-state index in [4.69, 9.17) is 0 Å². The van der Waals surface area contributed by atoms with Crippen molar-refractivity contribution in [2.45, 2.75) is 0 Å². The summed E-state index contributed by atoms with van der Waals surface area (Å²) < 4.78 is 0. The van der Waals surface area contributed by atoms with E-state index in [9.17, 15) is 4.79 Å². The summed E-state index contributed by atoms with van der Waals surface area (Å²) in [4.78, 5) is 16.2. The number of hydrogen-bond acceptors (Lipinski definition) is 5. The fourth-order valence-electron chi connectivity index (χ4n) is 0.901. The summed E-state index contributed by atoms with van der Waals surface area (Å²) in [7, 11) is 0. The molecule has 0 bridgehead atoms. The Hall–Kier alpha value is -1.53. The molecule has 0 spiro atoms. The first kappa shape index (κ1) is 10.0. The number of hydrogen-bond donors (Lipinski definition) is 1. The summed E-state index contributed by atoms with van der Waals surface area (Å²) >= 11 is 2.94. The van der Waals surface area contributed by atoms with Crippen molar-refractivity contribution in [2.75, 3.05) is 0 Å². The lowest BCUT2D eigenvalue weighted by atomic mass is 10.5. The number of thiophene rings is 1. The van der Waals surface area contributed by atoms with Crippen molar-refractivity contribution in [3.05, 3.63) is 39.0 Å².